The van der Waals surface area contributed by atoms with Crippen molar-refractivity contribution in [3.05, 3.63) is 35.9 Å². The molecule has 1 aromatic carbocycles. The Hall–Kier alpha value is -1.28. The number of hydrogen-bond donors (Lipinski definition) is 0. The fourth-order valence-electron chi connectivity index (χ4n) is 2.05. The zero-order valence-corrected chi connectivity index (χ0v) is 9.32. The van der Waals surface area contributed by atoms with Gasteiger partial charge in [-0.05, 0) is 42.5 Å². The van der Waals surface area contributed by atoms with E-state index in [1.807, 2.05) is 0 Å². The van der Waals surface area contributed by atoms with Gasteiger partial charge in [-0.15, -0.1) is 0 Å². The summed E-state index contributed by atoms with van der Waals surface area (Å²) < 4.78 is 10.7. The van der Waals surface area contributed by atoms with E-state index in [0.717, 1.165) is 12.4 Å². The van der Waals surface area contributed by atoms with E-state index >= 15 is 0 Å². The number of rotatable bonds is 4. The molecule has 1 saturated heterocycles. The van der Waals surface area contributed by atoms with Crippen LogP contribution in [-0.4, -0.2) is 19.3 Å². The first-order valence-corrected chi connectivity index (χ1v) is 5.96. The lowest BCUT2D eigenvalue weighted by Crippen LogP contribution is -2.03. The monoisotopic (exact) mass is 216 g/mol. The second-order valence-electron chi connectivity index (χ2n) is 4.41. The summed E-state index contributed by atoms with van der Waals surface area (Å²) in [6, 6.07) is 8.41. The largest absolute Gasteiger partial charge is 0.491 e. The minimum absolute atomic E-state index is 0.331. The molecule has 1 aliphatic heterocycles. The third-order valence-electron chi connectivity index (χ3n) is 3.10. The number of allylic oxidation sites excluding steroid dienone is 2. The molecule has 3 rings (SSSR count). The van der Waals surface area contributed by atoms with Crippen LogP contribution in [0.4, 0.5) is 0 Å². The van der Waals surface area contributed by atoms with Crippen molar-refractivity contribution in [2.75, 3.05) is 13.2 Å². The zero-order valence-electron chi connectivity index (χ0n) is 9.32. The van der Waals surface area contributed by atoms with Crippen LogP contribution in [0, 0.1) is 0 Å². The molecule has 2 nitrogen and oxygen atoms in total. The molecule has 2 heteroatoms. The van der Waals surface area contributed by atoms with Crippen molar-refractivity contribution in [3.8, 4) is 5.75 Å². The molecule has 1 fully saturated rings. The Morgan fingerprint density at radius 2 is 2.06 bits per heavy atom. The Kier molecular flexibility index (Phi) is 2.66. The van der Waals surface area contributed by atoms with E-state index in [-0.39, 0.29) is 0 Å². The highest BCUT2D eigenvalue weighted by Crippen LogP contribution is 2.28. The van der Waals surface area contributed by atoms with Gasteiger partial charge in [0.15, 0.2) is 0 Å². The third kappa shape index (κ3) is 2.27. The summed E-state index contributed by atoms with van der Waals surface area (Å²) in [5, 5.41) is 0. The van der Waals surface area contributed by atoms with E-state index < -0.39 is 0 Å². The summed E-state index contributed by atoms with van der Waals surface area (Å²) in [4.78, 5) is 0. The normalized spacial score (nSPS) is 23.0. The van der Waals surface area contributed by atoms with Crippen molar-refractivity contribution in [2.45, 2.75) is 25.4 Å². The molecule has 0 N–H and O–H groups in total. The van der Waals surface area contributed by atoms with Gasteiger partial charge in [0.2, 0.25) is 0 Å². The second kappa shape index (κ2) is 4.30. The Bertz CT molecular complexity index is 388. The summed E-state index contributed by atoms with van der Waals surface area (Å²) in [5.41, 5.74) is 2.82. The lowest BCUT2D eigenvalue weighted by molar-refractivity contribution is 0.263. The zero-order chi connectivity index (χ0) is 10.8. The van der Waals surface area contributed by atoms with Crippen LogP contribution in [0.25, 0.3) is 5.57 Å². The van der Waals surface area contributed by atoms with E-state index in [0.29, 0.717) is 12.7 Å². The van der Waals surface area contributed by atoms with Crippen LogP contribution >= 0.6 is 0 Å². The van der Waals surface area contributed by atoms with Gasteiger partial charge in [-0.25, -0.2) is 0 Å². The van der Waals surface area contributed by atoms with Crippen molar-refractivity contribution in [2.24, 2.45) is 0 Å². The number of benzene rings is 1. The maximum absolute atomic E-state index is 5.60. The molecular weight excluding hydrogens is 200 g/mol. The Balaban J connectivity index is 1.64. The molecule has 1 aliphatic carbocycles. The molecule has 84 valence electrons. The van der Waals surface area contributed by atoms with Gasteiger partial charge in [0.05, 0.1) is 6.61 Å². The van der Waals surface area contributed by atoms with Gasteiger partial charge in [0.1, 0.15) is 18.5 Å². The summed E-state index contributed by atoms with van der Waals surface area (Å²) in [6.07, 6.45) is 6.42. The number of epoxide rings is 1. The highest BCUT2D eigenvalue weighted by Gasteiger charge is 2.22. The van der Waals surface area contributed by atoms with Gasteiger partial charge in [-0.3, -0.25) is 0 Å². The molecule has 0 saturated carbocycles. The van der Waals surface area contributed by atoms with Gasteiger partial charge in [-0.1, -0.05) is 18.2 Å². The van der Waals surface area contributed by atoms with Crippen LogP contribution < -0.4 is 4.74 Å². The van der Waals surface area contributed by atoms with Gasteiger partial charge in [0, 0.05) is 0 Å². The third-order valence-corrected chi connectivity index (χ3v) is 3.10. The Labute approximate surface area is 95.9 Å². The van der Waals surface area contributed by atoms with E-state index in [2.05, 4.69) is 30.3 Å². The molecule has 1 aromatic rings. The first kappa shape index (κ1) is 9.91. The van der Waals surface area contributed by atoms with Crippen molar-refractivity contribution in [1.29, 1.82) is 0 Å². The molecule has 16 heavy (non-hydrogen) atoms. The maximum Gasteiger partial charge on any atom is 0.119 e. The van der Waals surface area contributed by atoms with Gasteiger partial charge in [-0.2, -0.15) is 0 Å². The van der Waals surface area contributed by atoms with Crippen LogP contribution in [0.3, 0.4) is 0 Å². The molecule has 1 atom stereocenters. The molecule has 1 unspecified atom stereocenters. The molecule has 0 amide bonds. The Morgan fingerprint density at radius 3 is 2.69 bits per heavy atom. The lowest BCUT2D eigenvalue weighted by Gasteiger charge is -2.06. The smallest absolute Gasteiger partial charge is 0.119 e. The quantitative estimate of drug-likeness (QED) is 0.721. The van der Waals surface area contributed by atoms with Crippen LogP contribution in [0.2, 0.25) is 0 Å². The van der Waals surface area contributed by atoms with Crippen molar-refractivity contribution in [1.82, 2.24) is 0 Å². The Morgan fingerprint density at radius 1 is 1.25 bits per heavy atom. The van der Waals surface area contributed by atoms with Crippen LogP contribution in [0.1, 0.15) is 24.8 Å². The standard InChI is InChI=1S/C14H16O2/c1-2-4-11(3-1)12-5-7-13(8-6-12)15-9-14-10-16-14/h3,5-8,14H,1-2,4,9-10H2. The molecule has 0 aromatic heterocycles. The minimum atomic E-state index is 0.331. The van der Waals surface area contributed by atoms with Crippen molar-refractivity contribution in [3.63, 3.8) is 0 Å². The fourth-order valence-corrected chi connectivity index (χ4v) is 2.05. The van der Waals surface area contributed by atoms with E-state index in [1.54, 1.807) is 0 Å². The molecular formula is C14H16O2. The van der Waals surface area contributed by atoms with Crippen molar-refractivity contribution >= 4 is 5.57 Å². The fraction of sp³-hybridized carbons (Fsp3) is 0.429. The second-order valence-corrected chi connectivity index (χ2v) is 4.41. The summed E-state index contributed by atoms with van der Waals surface area (Å²) in [5.74, 6) is 0.942. The van der Waals surface area contributed by atoms with Crippen LogP contribution in [-0.2, 0) is 4.74 Å². The maximum atomic E-state index is 5.60. The molecule has 1 heterocycles. The van der Waals surface area contributed by atoms with Gasteiger partial charge in [0.25, 0.3) is 0 Å². The SMILES string of the molecule is C1=C(c2ccc(OCC3CO3)cc2)CCC1. The minimum Gasteiger partial charge on any atom is -0.491 e. The average molecular weight is 216 g/mol. The molecule has 0 spiro atoms. The summed E-state index contributed by atoms with van der Waals surface area (Å²) >= 11 is 0. The van der Waals surface area contributed by atoms with Gasteiger partial charge >= 0.3 is 0 Å². The van der Waals surface area contributed by atoms with Gasteiger partial charge < -0.3 is 9.47 Å². The van der Waals surface area contributed by atoms with E-state index in [4.69, 9.17) is 9.47 Å². The summed E-state index contributed by atoms with van der Waals surface area (Å²) in [6.45, 7) is 1.53. The molecule has 2 aliphatic rings. The highest BCUT2D eigenvalue weighted by atomic mass is 16.6. The first-order valence-electron chi connectivity index (χ1n) is 5.96. The van der Waals surface area contributed by atoms with Crippen LogP contribution in [0.5, 0.6) is 5.75 Å². The highest BCUT2D eigenvalue weighted by molar-refractivity contribution is 5.67. The van der Waals surface area contributed by atoms with Crippen molar-refractivity contribution < 1.29 is 9.47 Å². The summed E-state index contributed by atoms with van der Waals surface area (Å²) in [7, 11) is 0. The van der Waals surface area contributed by atoms with Crippen LogP contribution in [0.15, 0.2) is 30.3 Å². The number of hydrogen-bond acceptors (Lipinski definition) is 2. The first-order chi connectivity index (χ1) is 7.92. The van der Waals surface area contributed by atoms with E-state index in [1.165, 1.54) is 30.4 Å². The number of ether oxygens (including phenoxy) is 2. The topological polar surface area (TPSA) is 21.8 Å². The molecule has 0 bridgehead atoms. The van der Waals surface area contributed by atoms with E-state index in [9.17, 15) is 0 Å². The predicted octanol–water partition coefficient (Wildman–Crippen LogP) is 3.03. The lowest BCUT2D eigenvalue weighted by atomic mass is 10.1. The predicted molar refractivity (Wildman–Crippen MR) is 63.5 cm³/mol. The molecule has 0 radical (unpaired) electrons. The average Bonchev–Trinajstić information content (AvgIpc) is 3.00.